The predicted molar refractivity (Wildman–Crippen MR) is 68.2 cm³/mol. The van der Waals surface area contributed by atoms with E-state index < -0.39 is 23.3 Å². The molecule has 19 heavy (non-hydrogen) atoms. The van der Waals surface area contributed by atoms with Gasteiger partial charge in [-0.25, -0.2) is 4.39 Å². The van der Waals surface area contributed by atoms with Crippen molar-refractivity contribution in [2.75, 3.05) is 6.61 Å². The predicted octanol–water partition coefficient (Wildman–Crippen LogP) is 2.02. The molecule has 0 spiro atoms. The SMILES string of the molecule is CC(C)(C)C(=O)OCC(O)Cc1cc(F)ccc1O. The van der Waals surface area contributed by atoms with Crippen LogP contribution in [0.4, 0.5) is 4.39 Å². The molecular formula is C14H19FO4. The first-order valence-corrected chi connectivity index (χ1v) is 6.03. The lowest BCUT2D eigenvalue weighted by Crippen LogP contribution is -2.28. The van der Waals surface area contributed by atoms with Crippen molar-refractivity contribution >= 4 is 5.97 Å². The summed E-state index contributed by atoms with van der Waals surface area (Å²) in [5, 5.41) is 19.2. The summed E-state index contributed by atoms with van der Waals surface area (Å²) in [5.41, 5.74) is -0.361. The average Bonchev–Trinajstić information content (AvgIpc) is 2.29. The quantitative estimate of drug-likeness (QED) is 0.821. The average molecular weight is 270 g/mol. The molecule has 0 heterocycles. The molecule has 5 heteroatoms. The molecule has 0 bridgehead atoms. The molecule has 0 aliphatic carbocycles. The van der Waals surface area contributed by atoms with Gasteiger partial charge in [-0.1, -0.05) is 0 Å². The van der Waals surface area contributed by atoms with Crippen LogP contribution in [0, 0.1) is 11.2 Å². The number of aliphatic hydroxyl groups excluding tert-OH is 1. The number of halogens is 1. The van der Waals surface area contributed by atoms with Crippen LogP contribution in [0.2, 0.25) is 0 Å². The zero-order valence-corrected chi connectivity index (χ0v) is 11.3. The first-order valence-electron chi connectivity index (χ1n) is 6.03. The van der Waals surface area contributed by atoms with Crippen LogP contribution in [-0.4, -0.2) is 28.9 Å². The summed E-state index contributed by atoms with van der Waals surface area (Å²) in [7, 11) is 0. The lowest BCUT2D eigenvalue weighted by Gasteiger charge is -2.18. The molecule has 2 N–H and O–H groups in total. The van der Waals surface area contributed by atoms with Crippen LogP contribution in [0.3, 0.4) is 0 Å². The monoisotopic (exact) mass is 270 g/mol. The number of aliphatic hydroxyl groups is 1. The first kappa shape index (κ1) is 15.4. The molecule has 1 unspecified atom stereocenters. The van der Waals surface area contributed by atoms with Gasteiger partial charge in [-0.3, -0.25) is 4.79 Å². The molecule has 1 aromatic rings. The summed E-state index contributed by atoms with van der Waals surface area (Å²) >= 11 is 0. The molecule has 0 aromatic heterocycles. The zero-order valence-electron chi connectivity index (χ0n) is 11.3. The molecule has 0 fully saturated rings. The normalized spacial score (nSPS) is 13.1. The fourth-order valence-electron chi connectivity index (χ4n) is 1.42. The summed E-state index contributed by atoms with van der Waals surface area (Å²) in [4.78, 5) is 11.5. The van der Waals surface area contributed by atoms with Crippen molar-refractivity contribution in [3.05, 3.63) is 29.6 Å². The van der Waals surface area contributed by atoms with Crippen molar-refractivity contribution in [3.8, 4) is 5.75 Å². The van der Waals surface area contributed by atoms with Crippen molar-refractivity contribution in [2.24, 2.45) is 5.41 Å². The molecule has 0 aliphatic rings. The van der Waals surface area contributed by atoms with E-state index in [-0.39, 0.29) is 24.3 Å². The van der Waals surface area contributed by atoms with Crippen LogP contribution in [-0.2, 0) is 16.0 Å². The van der Waals surface area contributed by atoms with Gasteiger partial charge in [0.15, 0.2) is 0 Å². The number of benzene rings is 1. The highest BCUT2D eigenvalue weighted by Crippen LogP contribution is 2.20. The number of phenols is 1. The van der Waals surface area contributed by atoms with E-state index in [9.17, 15) is 19.4 Å². The Bertz CT molecular complexity index is 451. The van der Waals surface area contributed by atoms with Crippen molar-refractivity contribution < 1.29 is 24.1 Å². The molecule has 0 saturated carbocycles. The summed E-state index contributed by atoms with van der Waals surface area (Å²) in [5.74, 6) is -1.01. The smallest absolute Gasteiger partial charge is 0.311 e. The molecule has 0 saturated heterocycles. The van der Waals surface area contributed by atoms with Crippen molar-refractivity contribution in [3.63, 3.8) is 0 Å². The maximum absolute atomic E-state index is 13.0. The van der Waals surface area contributed by atoms with Crippen molar-refractivity contribution in [1.29, 1.82) is 0 Å². The van der Waals surface area contributed by atoms with Gasteiger partial charge in [-0.2, -0.15) is 0 Å². The fourth-order valence-corrected chi connectivity index (χ4v) is 1.42. The maximum Gasteiger partial charge on any atom is 0.311 e. The van der Waals surface area contributed by atoms with Crippen LogP contribution in [0.1, 0.15) is 26.3 Å². The Balaban J connectivity index is 2.54. The summed E-state index contributed by atoms with van der Waals surface area (Å²) in [6.07, 6.45) is -0.972. The van der Waals surface area contributed by atoms with Gasteiger partial charge in [-0.05, 0) is 44.5 Å². The highest BCUT2D eigenvalue weighted by atomic mass is 19.1. The molecular weight excluding hydrogens is 251 g/mol. The minimum absolute atomic E-state index is 0.0149. The minimum atomic E-state index is -0.987. The van der Waals surface area contributed by atoms with Gasteiger partial charge >= 0.3 is 5.97 Å². The number of hydrogen-bond donors (Lipinski definition) is 2. The molecule has 4 nitrogen and oxygen atoms in total. The second kappa shape index (κ2) is 6.02. The van der Waals surface area contributed by atoms with Gasteiger partial charge < -0.3 is 14.9 Å². The number of carbonyl (C=O) groups is 1. The highest BCUT2D eigenvalue weighted by molar-refractivity contribution is 5.75. The lowest BCUT2D eigenvalue weighted by molar-refractivity contribution is -0.155. The molecule has 0 radical (unpaired) electrons. The van der Waals surface area contributed by atoms with Gasteiger partial charge in [0.1, 0.15) is 18.2 Å². The maximum atomic E-state index is 13.0. The Morgan fingerprint density at radius 2 is 2.05 bits per heavy atom. The zero-order chi connectivity index (χ0) is 14.6. The molecule has 0 aliphatic heterocycles. The van der Waals surface area contributed by atoms with Crippen molar-refractivity contribution in [2.45, 2.75) is 33.3 Å². The van der Waals surface area contributed by atoms with Crippen LogP contribution in [0.5, 0.6) is 5.75 Å². The van der Waals surface area contributed by atoms with Crippen LogP contribution in [0.15, 0.2) is 18.2 Å². The van der Waals surface area contributed by atoms with E-state index in [0.29, 0.717) is 0 Å². The molecule has 1 aromatic carbocycles. The second-order valence-electron chi connectivity index (χ2n) is 5.48. The number of phenolic OH excluding ortho intramolecular Hbond substituents is 1. The van der Waals surface area contributed by atoms with Crippen LogP contribution in [0.25, 0.3) is 0 Å². The van der Waals surface area contributed by atoms with E-state index in [1.54, 1.807) is 20.8 Å². The van der Waals surface area contributed by atoms with Crippen LogP contribution >= 0.6 is 0 Å². The van der Waals surface area contributed by atoms with Gasteiger partial charge in [0.2, 0.25) is 0 Å². The number of carbonyl (C=O) groups excluding carboxylic acids is 1. The van der Waals surface area contributed by atoms with E-state index in [0.717, 1.165) is 12.1 Å². The largest absolute Gasteiger partial charge is 0.508 e. The van der Waals surface area contributed by atoms with E-state index in [4.69, 9.17) is 4.74 Å². The molecule has 1 rings (SSSR count). The Hall–Kier alpha value is -1.62. The Kier molecular flexibility index (Phi) is 4.89. The molecule has 0 amide bonds. The Morgan fingerprint density at radius 1 is 1.42 bits per heavy atom. The third-order valence-electron chi connectivity index (χ3n) is 2.52. The minimum Gasteiger partial charge on any atom is -0.508 e. The van der Waals surface area contributed by atoms with Crippen molar-refractivity contribution in [1.82, 2.24) is 0 Å². The summed E-state index contributed by atoms with van der Waals surface area (Å²) in [6.45, 7) is 4.94. The number of ether oxygens (including phenoxy) is 1. The van der Waals surface area contributed by atoms with E-state index in [1.165, 1.54) is 6.07 Å². The number of rotatable bonds is 4. The summed E-state index contributed by atoms with van der Waals surface area (Å²) < 4.78 is 17.9. The lowest BCUT2D eigenvalue weighted by atomic mass is 9.97. The first-order chi connectivity index (χ1) is 8.70. The van der Waals surface area contributed by atoms with Gasteiger partial charge in [0, 0.05) is 6.42 Å². The van der Waals surface area contributed by atoms with Gasteiger partial charge in [0.05, 0.1) is 11.5 Å². The fraction of sp³-hybridized carbons (Fsp3) is 0.500. The second-order valence-corrected chi connectivity index (χ2v) is 5.48. The standard InChI is InChI=1S/C14H19FO4/c1-14(2,3)13(18)19-8-11(16)7-9-6-10(15)4-5-12(9)17/h4-6,11,16-17H,7-8H2,1-3H3. The highest BCUT2D eigenvalue weighted by Gasteiger charge is 2.24. The Morgan fingerprint density at radius 3 is 2.63 bits per heavy atom. The number of aromatic hydroxyl groups is 1. The van der Waals surface area contributed by atoms with E-state index >= 15 is 0 Å². The molecule has 106 valence electrons. The van der Waals surface area contributed by atoms with Gasteiger partial charge in [-0.15, -0.1) is 0 Å². The topological polar surface area (TPSA) is 66.8 Å². The molecule has 1 atom stereocenters. The third kappa shape index (κ3) is 4.87. The summed E-state index contributed by atoms with van der Waals surface area (Å²) in [6, 6.07) is 3.49. The van der Waals surface area contributed by atoms with E-state index in [1.807, 2.05) is 0 Å². The third-order valence-corrected chi connectivity index (χ3v) is 2.52. The number of esters is 1. The number of hydrogen-bond acceptors (Lipinski definition) is 4. The Labute approximate surface area is 111 Å². The van der Waals surface area contributed by atoms with E-state index in [2.05, 4.69) is 0 Å². The van der Waals surface area contributed by atoms with Gasteiger partial charge in [0.25, 0.3) is 0 Å². The van der Waals surface area contributed by atoms with Crippen LogP contribution < -0.4 is 0 Å².